The molecule has 1 amide bonds. The number of rotatable bonds is 7. The summed E-state index contributed by atoms with van der Waals surface area (Å²) in [5, 5.41) is 2.87. The lowest BCUT2D eigenvalue weighted by molar-refractivity contribution is -0.121. The maximum Gasteiger partial charge on any atom is 0.240 e. The van der Waals surface area contributed by atoms with Crippen LogP contribution in [0.25, 0.3) is 0 Å². The molecule has 0 spiro atoms. The third-order valence-electron chi connectivity index (χ3n) is 4.06. The lowest BCUT2D eigenvalue weighted by Gasteiger charge is -2.10. The highest BCUT2D eigenvalue weighted by Gasteiger charge is 2.14. The number of methoxy groups -OCH3 is 1. The van der Waals surface area contributed by atoms with E-state index in [0.717, 1.165) is 11.3 Å². The molecule has 5 nitrogen and oxygen atoms in total. The summed E-state index contributed by atoms with van der Waals surface area (Å²) in [7, 11) is 1.61. The third-order valence-corrected chi connectivity index (χ3v) is 4.06. The van der Waals surface area contributed by atoms with Crippen molar-refractivity contribution in [3.8, 4) is 5.75 Å². The second-order valence-electron chi connectivity index (χ2n) is 5.84. The predicted molar refractivity (Wildman–Crippen MR) is 99.1 cm³/mol. The minimum absolute atomic E-state index is 0.0943. The van der Waals surface area contributed by atoms with Gasteiger partial charge in [-0.1, -0.05) is 42.5 Å². The van der Waals surface area contributed by atoms with E-state index in [0.29, 0.717) is 17.8 Å². The zero-order valence-corrected chi connectivity index (χ0v) is 14.5. The third kappa shape index (κ3) is 4.19. The predicted octanol–water partition coefficient (Wildman–Crippen LogP) is 3.04. The Balaban J connectivity index is 1.61. The summed E-state index contributed by atoms with van der Waals surface area (Å²) >= 11 is 0. The summed E-state index contributed by atoms with van der Waals surface area (Å²) in [4.78, 5) is 24.8. The van der Waals surface area contributed by atoms with Crippen LogP contribution in [-0.4, -0.2) is 23.4 Å². The number of carbonyl (C=O) groups excluding carboxylic acids is 2. The lowest BCUT2D eigenvalue weighted by atomic mass is 10.1. The van der Waals surface area contributed by atoms with Gasteiger partial charge in [-0.05, 0) is 29.8 Å². The van der Waals surface area contributed by atoms with Gasteiger partial charge in [0.15, 0.2) is 0 Å². The summed E-state index contributed by atoms with van der Waals surface area (Å²) < 4.78 is 6.78. The molecule has 1 aromatic heterocycles. The zero-order valence-electron chi connectivity index (χ0n) is 14.5. The van der Waals surface area contributed by atoms with Crippen molar-refractivity contribution in [2.24, 2.45) is 0 Å². The molecule has 0 saturated carbocycles. The molecule has 1 N–H and O–H groups in total. The van der Waals surface area contributed by atoms with E-state index in [4.69, 9.17) is 4.74 Å². The van der Waals surface area contributed by atoms with E-state index in [1.807, 2.05) is 42.5 Å². The van der Waals surface area contributed by atoms with Crippen LogP contribution in [0.5, 0.6) is 5.75 Å². The van der Waals surface area contributed by atoms with Crippen LogP contribution in [0.15, 0.2) is 72.9 Å². The molecular formula is C21H20N2O3. The molecule has 0 aliphatic carbocycles. The SMILES string of the molecule is COc1ccc(CNC(=O)Cn2cccc2C(=O)c2ccccc2)cc1. The van der Waals surface area contributed by atoms with E-state index >= 15 is 0 Å². The van der Waals surface area contributed by atoms with Gasteiger partial charge in [0, 0.05) is 18.3 Å². The van der Waals surface area contributed by atoms with E-state index in [1.54, 1.807) is 42.1 Å². The number of aromatic nitrogens is 1. The summed E-state index contributed by atoms with van der Waals surface area (Å²) in [6.07, 6.45) is 1.74. The van der Waals surface area contributed by atoms with Gasteiger partial charge in [-0.3, -0.25) is 9.59 Å². The standard InChI is InChI=1S/C21H20N2O3/c1-26-18-11-9-16(10-12-18)14-22-20(24)15-23-13-5-8-19(23)21(25)17-6-3-2-4-7-17/h2-13H,14-15H2,1H3,(H,22,24). The molecule has 0 radical (unpaired) electrons. The van der Waals surface area contributed by atoms with E-state index < -0.39 is 0 Å². The van der Waals surface area contributed by atoms with Crippen molar-refractivity contribution in [3.63, 3.8) is 0 Å². The Morgan fingerprint density at radius 3 is 2.38 bits per heavy atom. The number of hydrogen-bond donors (Lipinski definition) is 1. The average molecular weight is 348 g/mol. The Morgan fingerprint density at radius 2 is 1.69 bits per heavy atom. The Hall–Kier alpha value is -3.34. The molecule has 26 heavy (non-hydrogen) atoms. The van der Waals surface area contributed by atoms with Crippen molar-refractivity contribution in [2.45, 2.75) is 13.1 Å². The molecule has 3 aromatic rings. The molecule has 0 unspecified atom stereocenters. The lowest BCUT2D eigenvalue weighted by Crippen LogP contribution is -2.28. The highest BCUT2D eigenvalue weighted by molar-refractivity contribution is 6.08. The van der Waals surface area contributed by atoms with Crippen molar-refractivity contribution in [1.82, 2.24) is 9.88 Å². The molecular weight excluding hydrogens is 328 g/mol. The summed E-state index contributed by atoms with van der Waals surface area (Å²) in [5.41, 5.74) is 2.08. The van der Waals surface area contributed by atoms with Crippen LogP contribution in [0, 0.1) is 0 Å². The van der Waals surface area contributed by atoms with Crippen LogP contribution >= 0.6 is 0 Å². The Bertz CT molecular complexity index is 883. The monoisotopic (exact) mass is 348 g/mol. The molecule has 0 fully saturated rings. The first kappa shape index (κ1) is 17.5. The van der Waals surface area contributed by atoms with Crippen molar-refractivity contribution >= 4 is 11.7 Å². The molecule has 0 bridgehead atoms. The number of ether oxygens (including phenoxy) is 1. The van der Waals surface area contributed by atoms with Gasteiger partial charge in [0.05, 0.1) is 12.8 Å². The minimum atomic E-state index is -0.154. The highest BCUT2D eigenvalue weighted by atomic mass is 16.5. The fourth-order valence-electron chi connectivity index (χ4n) is 2.65. The Morgan fingerprint density at radius 1 is 0.962 bits per heavy atom. The summed E-state index contributed by atoms with van der Waals surface area (Å²) in [6.45, 7) is 0.517. The molecule has 3 rings (SSSR count). The van der Waals surface area contributed by atoms with Gasteiger partial charge in [-0.25, -0.2) is 0 Å². The van der Waals surface area contributed by atoms with Crippen molar-refractivity contribution in [2.75, 3.05) is 7.11 Å². The van der Waals surface area contributed by atoms with Gasteiger partial charge in [0.25, 0.3) is 0 Å². The Kier molecular flexibility index (Phi) is 5.49. The van der Waals surface area contributed by atoms with Crippen molar-refractivity contribution in [3.05, 3.63) is 89.7 Å². The number of benzene rings is 2. The topological polar surface area (TPSA) is 60.3 Å². The molecule has 5 heteroatoms. The fourth-order valence-corrected chi connectivity index (χ4v) is 2.65. The highest BCUT2D eigenvalue weighted by Crippen LogP contribution is 2.12. The number of amides is 1. The largest absolute Gasteiger partial charge is 0.497 e. The van der Waals surface area contributed by atoms with Crippen molar-refractivity contribution < 1.29 is 14.3 Å². The molecule has 0 aliphatic rings. The van der Waals surface area contributed by atoms with Gasteiger partial charge in [0.2, 0.25) is 11.7 Å². The first-order chi connectivity index (χ1) is 12.7. The Labute approximate surface area is 152 Å². The second kappa shape index (κ2) is 8.16. The maximum absolute atomic E-state index is 12.6. The average Bonchev–Trinajstić information content (AvgIpc) is 3.15. The van der Waals surface area contributed by atoms with E-state index in [9.17, 15) is 9.59 Å². The number of hydrogen-bond acceptors (Lipinski definition) is 3. The normalized spacial score (nSPS) is 10.3. The summed E-state index contributed by atoms with van der Waals surface area (Å²) in [5.74, 6) is 0.522. The second-order valence-corrected chi connectivity index (χ2v) is 5.84. The molecule has 2 aromatic carbocycles. The molecule has 0 atom stereocenters. The molecule has 0 aliphatic heterocycles. The first-order valence-electron chi connectivity index (χ1n) is 8.32. The smallest absolute Gasteiger partial charge is 0.240 e. The minimum Gasteiger partial charge on any atom is -0.497 e. The summed E-state index contributed by atoms with van der Waals surface area (Å²) in [6, 6.07) is 20.0. The number of nitrogens with one attached hydrogen (secondary N) is 1. The van der Waals surface area contributed by atoms with Gasteiger partial charge in [0.1, 0.15) is 12.3 Å². The van der Waals surface area contributed by atoms with Crippen LogP contribution in [-0.2, 0) is 17.9 Å². The van der Waals surface area contributed by atoms with E-state index in [-0.39, 0.29) is 18.2 Å². The number of ketones is 1. The maximum atomic E-state index is 12.6. The first-order valence-corrected chi connectivity index (χ1v) is 8.32. The number of nitrogens with zero attached hydrogens (tertiary/aromatic N) is 1. The van der Waals surface area contributed by atoms with Crippen LogP contribution in [0.4, 0.5) is 0 Å². The van der Waals surface area contributed by atoms with E-state index in [1.165, 1.54) is 0 Å². The molecule has 1 heterocycles. The van der Waals surface area contributed by atoms with Gasteiger partial charge in [-0.15, -0.1) is 0 Å². The van der Waals surface area contributed by atoms with Crippen molar-refractivity contribution in [1.29, 1.82) is 0 Å². The fraction of sp³-hybridized carbons (Fsp3) is 0.143. The quantitative estimate of drug-likeness (QED) is 0.668. The molecule has 0 saturated heterocycles. The van der Waals surface area contributed by atoms with Gasteiger partial charge < -0.3 is 14.6 Å². The zero-order chi connectivity index (χ0) is 18.4. The van der Waals surface area contributed by atoms with Gasteiger partial charge in [-0.2, -0.15) is 0 Å². The van der Waals surface area contributed by atoms with Crippen LogP contribution in [0.3, 0.4) is 0 Å². The molecule has 132 valence electrons. The van der Waals surface area contributed by atoms with Crippen LogP contribution in [0.2, 0.25) is 0 Å². The van der Waals surface area contributed by atoms with Gasteiger partial charge >= 0.3 is 0 Å². The van der Waals surface area contributed by atoms with E-state index in [2.05, 4.69) is 5.32 Å². The van der Waals surface area contributed by atoms with Crippen LogP contribution in [0.1, 0.15) is 21.6 Å². The van der Waals surface area contributed by atoms with Crippen LogP contribution < -0.4 is 10.1 Å². The number of carbonyl (C=O) groups is 2.